The zero-order valence-corrected chi connectivity index (χ0v) is 22.9. The van der Waals surface area contributed by atoms with Gasteiger partial charge in [-0.25, -0.2) is 9.78 Å². The number of carbonyl (C=O) groups is 2. The van der Waals surface area contributed by atoms with Gasteiger partial charge in [0.25, 0.3) is 0 Å². The van der Waals surface area contributed by atoms with E-state index >= 15 is 0 Å². The molecule has 1 N–H and O–H groups in total. The van der Waals surface area contributed by atoms with E-state index < -0.39 is 11.7 Å². The van der Waals surface area contributed by atoms with E-state index in [1.54, 1.807) is 12.5 Å². The van der Waals surface area contributed by atoms with Gasteiger partial charge in [-0.3, -0.25) is 10.1 Å². The lowest BCUT2D eigenvalue weighted by molar-refractivity contribution is 0.0636. The third-order valence-electron chi connectivity index (χ3n) is 5.65. The molecule has 36 heavy (non-hydrogen) atoms. The van der Waals surface area contributed by atoms with E-state index in [0.717, 1.165) is 50.8 Å². The number of aldehydes is 1. The number of benzene rings is 1. The minimum absolute atomic E-state index is 0.187. The van der Waals surface area contributed by atoms with Gasteiger partial charge in [0.15, 0.2) is 11.4 Å². The predicted octanol–water partition coefficient (Wildman–Crippen LogP) is 7.82. The second-order valence-corrected chi connectivity index (χ2v) is 10.5. The van der Waals surface area contributed by atoms with E-state index in [0.29, 0.717) is 24.3 Å². The molecule has 2 heterocycles. The van der Waals surface area contributed by atoms with Crippen molar-refractivity contribution in [1.82, 2.24) is 9.55 Å². The van der Waals surface area contributed by atoms with Crippen LogP contribution in [0, 0.1) is 0 Å². The van der Waals surface area contributed by atoms with Crippen LogP contribution in [0.4, 0.5) is 10.5 Å². The Kier molecular flexibility index (Phi) is 7.57. The number of anilines is 1. The highest BCUT2D eigenvalue weighted by molar-refractivity contribution is 9.10. The summed E-state index contributed by atoms with van der Waals surface area (Å²) < 4.78 is 13.6. The standard InChI is InChI=1S/C27H27BrClN3O4/c1-5-8-22-31-25(29)21(14-33)32(22)13-18-16-11-12-35-15-19(16)24(28)23(18)17-9-6-7-10-20(17)30-26(34)36-27(2,3)4/h6-7,9-12,14-15H,5,8,13H2,1-4H3,(H,30,34). The summed E-state index contributed by atoms with van der Waals surface area (Å²) >= 11 is 10.1. The molecule has 0 fully saturated rings. The van der Waals surface area contributed by atoms with Gasteiger partial charge in [0.2, 0.25) is 0 Å². The number of carbonyl (C=O) groups excluding carboxylic acids is 2. The van der Waals surface area contributed by atoms with Gasteiger partial charge in [-0.1, -0.05) is 36.7 Å². The van der Waals surface area contributed by atoms with Gasteiger partial charge >= 0.3 is 6.09 Å². The summed E-state index contributed by atoms with van der Waals surface area (Å²) in [5, 5.41) is 3.07. The number of para-hydroxylation sites is 1. The highest BCUT2D eigenvalue weighted by Crippen LogP contribution is 2.48. The number of halogens is 2. The molecule has 1 aliphatic heterocycles. The normalized spacial score (nSPS) is 11.6. The van der Waals surface area contributed by atoms with E-state index in [1.807, 2.05) is 62.6 Å². The Morgan fingerprint density at radius 2 is 1.97 bits per heavy atom. The number of nitrogens with zero attached hydrogens (tertiary/aromatic N) is 2. The van der Waals surface area contributed by atoms with Crippen LogP contribution in [0.5, 0.6) is 0 Å². The van der Waals surface area contributed by atoms with Gasteiger partial charge in [-0.15, -0.1) is 0 Å². The summed E-state index contributed by atoms with van der Waals surface area (Å²) in [6.07, 6.45) is 5.00. The first kappa shape index (κ1) is 26.0. The van der Waals surface area contributed by atoms with Gasteiger partial charge in [0.1, 0.15) is 17.1 Å². The summed E-state index contributed by atoms with van der Waals surface area (Å²) in [5.74, 6) is 0.738. The Balaban J connectivity index is 1.89. The molecule has 7 nitrogen and oxygen atoms in total. The predicted molar refractivity (Wildman–Crippen MR) is 144 cm³/mol. The fourth-order valence-electron chi connectivity index (χ4n) is 4.21. The summed E-state index contributed by atoms with van der Waals surface area (Å²) in [7, 11) is 0. The largest absolute Gasteiger partial charge is 0.472 e. The second kappa shape index (κ2) is 10.5. The molecular formula is C27H27BrClN3O4. The molecule has 0 saturated heterocycles. The Morgan fingerprint density at radius 3 is 2.67 bits per heavy atom. The fraction of sp³-hybridized carbons (Fsp3) is 0.296. The van der Waals surface area contributed by atoms with Crippen molar-refractivity contribution >= 4 is 45.6 Å². The van der Waals surface area contributed by atoms with Crippen molar-refractivity contribution in [2.45, 2.75) is 52.7 Å². The minimum atomic E-state index is -0.636. The highest BCUT2D eigenvalue weighted by atomic mass is 79.9. The molecule has 188 valence electrons. The maximum absolute atomic E-state index is 12.6. The number of aryl methyl sites for hydroxylation is 1. The zero-order valence-electron chi connectivity index (χ0n) is 20.5. The van der Waals surface area contributed by atoms with Crippen LogP contribution in [0.3, 0.4) is 0 Å². The first-order valence-electron chi connectivity index (χ1n) is 11.6. The SMILES string of the molecule is CCCc1nc(Cl)c(C=O)n1Cc1c2ccocc-2c(Br)c1-c1ccccc1NC(=O)OC(C)(C)C. The number of fused-ring (bicyclic) bond motifs is 1. The molecule has 1 aromatic carbocycles. The molecule has 0 atom stereocenters. The smallest absolute Gasteiger partial charge is 0.412 e. The molecule has 4 rings (SSSR count). The van der Waals surface area contributed by atoms with E-state index in [4.69, 9.17) is 20.8 Å². The van der Waals surface area contributed by atoms with Crippen molar-refractivity contribution in [2.75, 3.05) is 5.32 Å². The maximum atomic E-state index is 12.6. The fourth-order valence-corrected chi connectivity index (χ4v) is 5.22. The number of aromatic nitrogens is 2. The summed E-state index contributed by atoms with van der Waals surface area (Å²) in [4.78, 5) is 29.0. The number of imidazole rings is 1. The van der Waals surface area contributed by atoms with Crippen molar-refractivity contribution in [3.8, 4) is 22.3 Å². The van der Waals surface area contributed by atoms with Crippen molar-refractivity contribution in [1.29, 1.82) is 0 Å². The van der Waals surface area contributed by atoms with Crippen LogP contribution in [0.1, 0.15) is 56.0 Å². The number of ether oxygens (including phenoxy) is 1. The van der Waals surface area contributed by atoms with E-state index in [-0.39, 0.29) is 5.15 Å². The molecule has 1 amide bonds. The van der Waals surface area contributed by atoms with Crippen LogP contribution in [-0.4, -0.2) is 27.5 Å². The molecule has 0 saturated carbocycles. The lowest BCUT2D eigenvalue weighted by atomic mass is 10.0. The Bertz CT molecular complexity index is 1390. The van der Waals surface area contributed by atoms with Gasteiger partial charge in [0.05, 0.1) is 24.8 Å². The molecule has 0 bridgehead atoms. The zero-order chi connectivity index (χ0) is 26.0. The van der Waals surface area contributed by atoms with Crippen molar-refractivity contribution in [3.05, 3.63) is 69.6 Å². The van der Waals surface area contributed by atoms with E-state index in [1.165, 1.54) is 0 Å². The molecule has 1 aliphatic carbocycles. The van der Waals surface area contributed by atoms with Crippen LogP contribution < -0.4 is 5.32 Å². The van der Waals surface area contributed by atoms with Gasteiger partial charge in [-0.05, 0) is 66.4 Å². The van der Waals surface area contributed by atoms with Crippen molar-refractivity contribution in [2.24, 2.45) is 0 Å². The molecular weight excluding hydrogens is 546 g/mol. The van der Waals surface area contributed by atoms with Gasteiger partial charge in [0, 0.05) is 27.6 Å². The van der Waals surface area contributed by atoms with E-state index in [2.05, 4.69) is 26.2 Å². The Morgan fingerprint density at radius 1 is 1.22 bits per heavy atom. The first-order valence-corrected chi connectivity index (χ1v) is 12.8. The third kappa shape index (κ3) is 5.20. The lowest BCUT2D eigenvalue weighted by Crippen LogP contribution is -2.27. The molecule has 2 aliphatic rings. The van der Waals surface area contributed by atoms with E-state index in [9.17, 15) is 9.59 Å². The Hall–Kier alpha value is -3.10. The number of amides is 1. The van der Waals surface area contributed by atoms with Crippen LogP contribution in [0.15, 0.2) is 51.7 Å². The van der Waals surface area contributed by atoms with Gasteiger partial charge < -0.3 is 13.7 Å². The van der Waals surface area contributed by atoms with Crippen molar-refractivity contribution in [3.63, 3.8) is 0 Å². The molecule has 0 radical (unpaired) electrons. The lowest BCUT2D eigenvalue weighted by Gasteiger charge is -2.21. The third-order valence-corrected chi connectivity index (χ3v) is 6.75. The number of hydrogen-bond acceptors (Lipinski definition) is 5. The molecule has 0 spiro atoms. The molecule has 1 aromatic heterocycles. The number of nitrogens with one attached hydrogen (secondary N) is 1. The molecule has 2 aromatic rings. The highest BCUT2D eigenvalue weighted by Gasteiger charge is 2.27. The number of rotatable bonds is 7. The van der Waals surface area contributed by atoms with Crippen molar-refractivity contribution < 1.29 is 18.7 Å². The summed E-state index contributed by atoms with van der Waals surface area (Å²) in [6, 6.07) is 9.40. The van der Waals surface area contributed by atoms with Crippen LogP contribution >= 0.6 is 27.5 Å². The Labute approximate surface area is 223 Å². The maximum Gasteiger partial charge on any atom is 0.412 e. The summed E-state index contributed by atoms with van der Waals surface area (Å²) in [6.45, 7) is 7.85. The van der Waals surface area contributed by atoms with Crippen LogP contribution in [0.2, 0.25) is 5.15 Å². The monoisotopic (exact) mass is 571 g/mol. The average Bonchev–Trinajstić information content (AvgIpc) is 3.26. The number of hydrogen-bond donors (Lipinski definition) is 1. The topological polar surface area (TPSA) is 86.4 Å². The molecule has 0 unspecified atom stereocenters. The van der Waals surface area contributed by atoms with Gasteiger partial charge in [-0.2, -0.15) is 0 Å². The molecule has 9 heteroatoms. The second-order valence-electron chi connectivity index (χ2n) is 9.38. The van der Waals surface area contributed by atoms with Crippen LogP contribution in [0.25, 0.3) is 22.3 Å². The average molecular weight is 573 g/mol. The minimum Gasteiger partial charge on any atom is -0.472 e. The first-order chi connectivity index (χ1) is 17.1. The summed E-state index contributed by atoms with van der Waals surface area (Å²) in [5.41, 5.74) is 4.68. The quantitative estimate of drug-likeness (QED) is 0.228. The van der Waals surface area contributed by atoms with Crippen LogP contribution in [-0.2, 0) is 17.7 Å².